The number of hydrogen-bond donors (Lipinski definition) is 0. The van der Waals surface area contributed by atoms with Crippen LogP contribution in [-0.4, -0.2) is 83.8 Å². The van der Waals surface area contributed by atoms with E-state index >= 15 is 0 Å². The molecule has 0 radical (unpaired) electrons. The third-order valence-corrected chi connectivity index (χ3v) is 9.88. The predicted molar refractivity (Wildman–Crippen MR) is 164 cm³/mol. The second-order valence-corrected chi connectivity index (χ2v) is 12.9. The van der Waals surface area contributed by atoms with Gasteiger partial charge in [-0.15, -0.1) is 0 Å². The van der Waals surface area contributed by atoms with E-state index in [1.165, 1.54) is 12.0 Å². The highest BCUT2D eigenvalue weighted by molar-refractivity contribution is 6.34. The highest BCUT2D eigenvalue weighted by atomic mass is 35.5. The minimum atomic E-state index is -0.0347. The van der Waals surface area contributed by atoms with E-state index in [1.807, 2.05) is 24.5 Å². The molecule has 5 saturated heterocycles. The number of hydrogen-bond acceptors (Lipinski definition) is 8. The number of halogens is 1. The highest BCUT2D eigenvalue weighted by Gasteiger charge is 2.46. The third kappa shape index (κ3) is 5.12. The van der Waals surface area contributed by atoms with E-state index in [2.05, 4.69) is 45.2 Å². The van der Waals surface area contributed by atoms with Gasteiger partial charge in [0.1, 0.15) is 22.9 Å². The average Bonchev–Trinajstić information content (AvgIpc) is 3.64. The van der Waals surface area contributed by atoms with E-state index in [-0.39, 0.29) is 5.60 Å². The van der Waals surface area contributed by atoms with Gasteiger partial charge in [0.15, 0.2) is 0 Å². The summed E-state index contributed by atoms with van der Waals surface area (Å²) < 4.78 is 24.7. The van der Waals surface area contributed by atoms with Crippen molar-refractivity contribution in [2.24, 2.45) is 5.92 Å². The first-order chi connectivity index (χ1) is 21.1. The molecule has 0 N–H and O–H groups in total. The summed E-state index contributed by atoms with van der Waals surface area (Å²) in [4.78, 5) is 9.95. The molecule has 1 spiro atoms. The Morgan fingerprint density at radius 2 is 1.88 bits per heavy atom. The molecule has 43 heavy (non-hydrogen) atoms. The van der Waals surface area contributed by atoms with Crippen LogP contribution in [0.25, 0.3) is 16.6 Å². The summed E-state index contributed by atoms with van der Waals surface area (Å²) >= 11 is 6.59. The molecule has 5 fully saturated rings. The molecule has 0 amide bonds. The Labute approximate surface area is 256 Å². The van der Waals surface area contributed by atoms with Gasteiger partial charge in [-0.05, 0) is 61.1 Å². The van der Waals surface area contributed by atoms with Crippen molar-refractivity contribution in [2.45, 2.75) is 43.5 Å². The number of benzene rings is 1. The number of fused-ring (bicyclic) bond motifs is 3. The molecule has 0 saturated carbocycles. The molecule has 9 nitrogen and oxygen atoms in total. The predicted octanol–water partition coefficient (Wildman–Crippen LogP) is 5.10. The van der Waals surface area contributed by atoms with E-state index in [1.54, 1.807) is 17.8 Å². The van der Waals surface area contributed by atoms with E-state index in [4.69, 9.17) is 35.5 Å². The number of anilines is 1. The van der Waals surface area contributed by atoms with Gasteiger partial charge in [-0.2, -0.15) is 5.10 Å². The number of piperidine rings is 1. The van der Waals surface area contributed by atoms with Crippen molar-refractivity contribution in [2.75, 3.05) is 51.5 Å². The van der Waals surface area contributed by atoms with Crippen molar-refractivity contribution < 1.29 is 18.9 Å². The lowest BCUT2D eigenvalue weighted by Gasteiger charge is -2.56. The second-order valence-electron chi connectivity index (χ2n) is 12.4. The normalized spacial score (nSPS) is 24.2. The lowest BCUT2D eigenvalue weighted by molar-refractivity contribution is -0.184. The first-order valence-corrected chi connectivity index (χ1v) is 15.6. The van der Waals surface area contributed by atoms with E-state index in [0.29, 0.717) is 29.6 Å². The summed E-state index contributed by atoms with van der Waals surface area (Å²) in [7, 11) is 1.71. The van der Waals surface area contributed by atoms with Crippen LogP contribution in [0.4, 0.5) is 5.82 Å². The molecule has 3 aromatic heterocycles. The Hall–Kier alpha value is -3.37. The van der Waals surface area contributed by atoms with Crippen molar-refractivity contribution in [3.8, 4) is 22.6 Å². The number of methoxy groups -OCH3 is 1. The molecule has 5 aliphatic heterocycles. The van der Waals surface area contributed by atoms with Crippen LogP contribution >= 0.6 is 11.6 Å². The summed E-state index contributed by atoms with van der Waals surface area (Å²) in [6, 6.07) is 15.8. The monoisotopic (exact) mass is 601 g/mol. The van der Waals surface area contributed by atoms with Crippen molar-refractivity contribution in [1.29, 1.82) is 0 Å². The quantitative estimate of drug-likeness (QED) is 0.263. The second kappa shape index (κ2) is 11.0. The van der Waals surface area contributed by atoms with Gasteiger partial charge in [-0.1, -0.05) is 23.7 Å². The number of piperazine rings is 1. The first kappa shape index (κ1) is 27.2. The van der Waals surface area contributed by atoms with Crippen molar-refractivity contribution in [1.82, 2.24) is 19.5 Å². The molecule has 3 atom stereocenters. The van der Waals surface area contributed by atoms with Crippen molar-refractivity contribution in [3.05, 3.63) is 71.6 Å². The molecule has 1 aromatic carbocycles. The van der Waals surface area contributed by atoms with Gasteiger partial charge in [-0.3, -0.25) is 4.90 Å². The fourth-order valence-corrected chi connectivity index (χ4v) is 7.40. The van der Waals surface area contributed by atoms with Crippen molar-refractivity contribution >= 4 is 22.9 Å². The third-order valence-electron chi connectivity index (χ3n) is 9.60. The zero-order valence-electron chi connectivity index (χ0n) is 24.3. The zero-order chi connectivity index (χ0) is 29.0. The lowest BCUT2D eigenvalue weighted by Crippen LogP contribution is -2.68. The lowest BCUT2D eigenvalue weighted by atomic mass is 9.86. The molecule has 224 valence electrons. The summed E-state index contributed by atoms with van der Waals surface area (Å²) in [5.74, 6) is 3.17. The topological polar surface area (TPSA) is 73.6 Å². The fourth-order valence-electron chi connectivity index (χ4n) is 7.16. The van der Waals surface area contributed by atoms with Gasteiger partial charge in [0.2, 0.25) is 0 Å². The fraction of sp³-hybridized carbons (Fsp3) is 0.455. The van der Waals surface area contributed by atoms with Crippen molar-refractivity contribution in [3.63, 3.8) is 0 Å². The molecule has 3 unspecified atom stereocenters. The van der Waals surface area contributed by atoms with E-state index in [9.17, 15) is 0 Å². The molecule has 8 heterocycles. The van der Waals surface area contributed by atoms with Gasteiger partial charge in [0.25, 0.3) is 0 Å². The van der Waals surface area contributed by atoms with Gasteiger partial charge in [0.05, 0.1) is 56.5 Å². The van der Waals surface area contributed by atoms with Crippen LogP contribution in [0.3, 0.4) is 0 Å². The minimum Gasteiger partial charge on any atom is -0.497 e. The number of rotatable bonds is 9. The highest BCUT2D eigenvalue weighted by Crippen LogP contribution is 2.39. The maximum absolute atomic E-state index is 6.59. The molecule has 4 aromatic rings. The van der Waals surface area contributed by atoms with E-state index in [0.717, 1.165) is 86.3 Å². The Balaban J connectivity index is 0.934. The van der Waals surface area contributed by atoms with Crippen LogP contribution in [0, 0.1) is 5.92 Å². The maximum Gasteiger partial charge on any atom is 0.138 e. The van der Waals surface area contributed by atoms with Gasteiger partial charge in [0, 0.05) is 49.0 Å². The van der Waals surface area contributed by atoms with Gasteiger partial charge < -0.3 is 23.8 Å². The van der Waals surface area contributed by atoms with Crippen LogP contribution in [0.15, 0.2) is 61.1 Å². The number of ether oxygens (including phenoxy) is 4. The molecule has 9 rings (SSSR count). The number of aromatic nitrogens is 3. The Kier molecular flexibility index (Phi) is 6.94. The Morgan fingerprint density at radius 1 is 1.05 bits per heavy atom. The van der Waals surface area contributed by atoms with Crippen LogP contribution in [0.5, 0.6) is 11.5 Å². The van der Waals surface area contributed by atoms with Gasteiger partial charge in [-0.25, -0.2) is 9.50 Å². The number of nitrogens with zero attached hydrogens (tertiary/aromatic N) is 5. The first-order valence-electron chi connectivity index (χ1n) is 15.2. The number of pyridine rings is 2. The van der Waals surface area contributed by atoms with Crippen LogP contribution in [0.2, 0.25) is 5.02 Å². The zero-order valence-corrected chi connectivity index (χ0v) is 25.1. The molecule has 5 aliphatic rings. The summed E-state index contributed by atoms with van der Waals surface area (Å²) in [5.41, 5.74) is 4.09. The Morgan fingerprint density at radius 3 is 2.58 bits per heavy atom. The Bertz CT molecular complexity index is 1590. The maximum atomic E-state index is 6.59. The largest absolute Gasteiger partial charge is 0.497 e. The molecular formula is C33H36ClN5O4. The summed E-state index contributed by atoms with van der Waals surface area (Å²) in [5, 5.41) is 5.08. The standard InChI is InChI=1S/C33H36ClN5O4/c1-40-27-5-2-22(3-6-27)15-38-25-10-26(38)17-37(16-25)31-7-4-24(13-35-31)29-11-28(18-39-32(29)30(34)14-36-39)42-9-8-23-12-33(43-19-23)20-41-21-33/h2-7,11,13-14,18,23,25-26H,8-10,12,15-17,19-21H2,1H3. The average molecular weight is 602 g/mol. The smallest absolute Gasteiger partial charge is 0.138 e. The summed E-state index contributed by atoms with van der Waals surface area (Å²) in [6.45, 7) is 5.79. The van der Waals surface area contributed by atoms with Gasteiger partial charge >= 0.3 is 0 Å². The molecule has 0 aliphatic carbocycles. The van der Waals surface area contributed by atoms with Crippen LogP contribution in [0.1, 0.15) is 24.8 Å². The van der Waals surface area contributed by atoms with E-state index < -0.39 is 0 Å². The summed E-state index contributed by atoms with van der Waals surface area (Å²) in [6.07, 6.45) is 8.77. The molecule has 10 heteroatoms. The van der Waals surface area contributed by atoms with Crippen LogP contribution in [-0.2, 0) is 16.0 Å². The molecule has 2 bridgehead atoms. The van der Waals surface area contributed by atoms with Crippen LogP contribution < -0.4 is 14.4 Å². The minimum absolute atomic E-state index is 0.0347. The SMILES string of the molecule is COc1ccc(CN2C3CC2CN(c2ccc(-c4cc(OCCC5COC6(COC6)C5)cn5ncc(Cl)c45)cn2)C3)cc1. The molecular weight excluding hydrogens is 566 g/mol.